The standard InChI is InChI=1S/C20H20FN3O2S/c1-20(26)11-24(12-20)19(25)14-7-8-16(15(21)10-14)23-27-17-6-2-4-13-5-3-9-22-18(13)17/h2,4,6-10,23,26H,3,5,11-12H2,1H3. The Hall–Kier alpha value is -2.38. The number of hydrogen-bond acceptors (Lipinski definition) is 5. The van der Waals surface area contributed by atoms with E-state index >= 15 is 0 Å². The monoisotopic (exact) mass is 385 g/mol. The lowest BCUT2D eigenvalue weighted by Gasteiger charge is -2.44. The first-order valence-corrected chi connectivity index (χ1v) is 9.63. The van der Waals surface area contributed by atoms with Crippen LogP contribution in [0.15, 0.2) is 46.3 Å². The first-order chi connectivity index (χ1) is 12.9. The predicted octanol–water partition coefficient (Wildman–Crippen LogP) is 3.80. The lowest BCUT2D eigenvalue weighted by atomic mass is 9.96. The molecule has 0 aromatic heterocycles. The van der Waals surface area contributed by atoms with Crippen LogP contribution in [-0.2, 0) is 6.42 Å². The second kappa shape index (κ2) is 6.98. The second-order valence-corrected chi connectivity index (χ2v) is 8.02. The summed E-state index contributed by atoms with van der Waals surface area (Å²) < 4.78 is 17.5. The van der Waals surface area contributed by atoms with Crippen molar-refractivity contribution >= 4 is 35.4 Å². The summed E-state index contributed by atoms with van der Waals surface area (Å²) in [4.78, 5) is 19.2. The fraction of sp³-hybridized carbons (Fsp3) is 0.300. The van der Waals surface area contributed by atoms with Crippen LogP contribution in [0.1, 0.15) is 29.3 Å². The lowest BCUT2D eigenvalue weighted by molar-refractivity contribution is -0.0668. The van der Waals surface area contributed by atoms with Crippen molar-refractivity contribution in [1.82, 2.24) is 4.90 Å². The molecule has 2 aromatic carbocycles. The average molecular weight is 385 g/mol. The molecule has 0 aliphatic carbocycles. The molecular weight excluding hydrogens is 365 g/mol. The minimum Gasteiger partial charge on any atom is -0.386 e. The number of rotatable bonds is 4. The van der Waals surface area contributed by atoms with E-state index in [2.05, 4.69) is 15.8 Å². The van der Waals surface area contributed by atoms with Gasteiger partial charge in [-0.2, -0.15) is 0 Å². The van der Waals surface area contributed by atoms with Gasteiger partial charge in [0.25, 0.3) is 5.91 Å². The van der Waals surface area contributed by atoms with Crippen molar-refractivity contribution in [2.24, 2.45) is 4.99 Å². The zero-order valence-corrected chi connectivity index (χ0v) is 15.7. The molecule has 1 amide bonds. The summed E-state index contributed by atoms with van der Waals surface area (Å²) in [5.41, 5.74) is 1.86. The highest BCUT2D eigenvalue weighted by Crippen LogP contribution is 2.36. The highest BCUT2D eigenvalue weighted by molar-refractivity contribution is 8.00. The molecule has 0 atom stereocenters. The topological polar surface area (TPSA) is 64.9 Å². The SMILES string of the molecule is CC1(O)CN(C(=O)c2ccc(NSc3cccc4c3N=CCC4)c(F)c2)C1. The molecule has 0 spiro atoms. The van der Waals surface area contributed by atoms with Gasteiger partial charge in [-0.05, 0) is 61.5 Å². The molecule has 2 aliphatic rings. The Morgan fingerprint density at radius 1 is 1.33 bits per heavy atom. The quantitative estimate of drug-likeness (QED) is 0.786. The van der Waals surface area contributed by atoms with Crippen LogP contribution in [0.4, 0.5) is 15.8 Å². The molecule has 2 aliphatic heterocycles. The fourth-order valence-corrected chi connectivity index (χ4v) is 4.13. The Morgan fingerprint density at radius 2 is 2.15 bits per heavy atom. The average Bonchev–Trinajstić information content (AvgIpc) is 2.64. The number of aliphatic imine (C=N–C) groups is 1. The third-order valence-electron chi connectivity index (χ3n) is 4.68. The summed E-state index contributed by atoms with van der Waals surface area (Å²) in [5.74, 6) is -0.764. The van der Waals surface area contributed by atoms with Gasteiger partial charge in [-0.25, -0.2) is 4.39 Å². The number of benzene rings is 2. The fourth-order valence-electron chi connectivity index (χ4n) is 3.32. The van der Waals surface area contributed by atoms with Crippen LogP contribution >= 0.6 is 11.9 Å². The largest absolute Gasteiger partial charge is 0.386 e. The van der Waals surface area contributed by atoms with Crippen molar-refractivity contribution in [3.05, 3.63) is 53.3 Å². The number of aryl methyl sites for hydroxylation is 1. The number of fused-ring (bicyclic) bond motifs is 1. The molecule has 0 saturated carbocycles. The number of para-hydroxylation sites is 1. The van der Waals surface area contributed by atoms with Gasteiger partial charge in [-0.3, -0.25) is 9.79 Å². The van der Waals surface area contributed by atoms with Gasteiger partial charge in [-0.15, -0.1) is 0 Å². The van der Waals surface area contributed by atoms with E-state index in [0.29, 0.717) is 5.69 Å². The molecule has 5 nitrogen and oxygen atoms in total. The molecular formula is C20H20FN3O2S. The highest BCUT2D eigenvalue weighted by Gasteiger charge is 2.39. The van der Waals surface area contributed by atoms with Crippen LogP contribution in [0.3, 0.4) is 0 Å². The second-order valence-electron chi connectivity index (χ2n) is 7.17. The van der Waals surface area contributed by atoms with Gasteiger partial charge in [0, 0.05) is 11.8 Å². The molecule has 0 radical (unpaired) electrons. The molecule has 4 rings (SSSR count). The summed E-state index contributed by atoms with van der Waals surface area (Å²) in [6, 6.07) is 10.4. The Balaban J connectivity index is 1.45. The van der Waals surface area contributed by atoms with Crippen molar-refractivity contribution in [3.8, 4) is 0 Å². The molecule has 27 heavy (non-hydrogen) atoms. The van der Waals surface area contributed by atoms with E-state index < -0.39 is 11.4 Å². The zero-order chi connectivity index (χ0) is 19.0. The van der Waals surface area contributed by atoms with Crippen molar-refractivity contribution in [2.45, 2.75) is 30.3 Å². The number of halogens is 1. The van der Waals surface area contributed by atoms with Gasteiger partial charge in [0.2, 0.25) is 0 Å². The minimum atomic E-state index is -0.844. The number of carbonyl (C=O) groups is 1. The van der Waals surface area contributed by atoms with E-state index in [9.17, 15) is 14.3 Å². The van der Waals surface area contributed by atoms with Gasteiger partial charge in [0.05, 0.1) is 35.0 Å². The van der Waals surface area contributed by atoms with Crippen molar-refractivity contribution < 1.29 is 14.3 Å². The minimum absolute atomic E-state index is 0.267. The molecule has 1 fully saturated rings. The van der Waals surface area contributed by atoms with Gasteiger partial charge in [-0.1, -0.05) is 12.1 Å². The van der Waals surface area contributed by atoms with E-state index in [0.717, 1.165) is 23.4 Å². The summed E-state index contributed by atoms with van der Waals surface area (Å²) in [6.07, 6.45) is 3.80. The third-order valence-corrected chi connectivity index (χ3v) is 5.55. The molecule has 0 bridgehead atoms. The van der Waals surface area contributed by atoms with Gasteiger partial charge in [0.1, 0.15) is 5.82 Å². The molecule has 1 saturated heterocycles. The maximum absolute atomic E-state index is 14.5. The van der Waals surface area contributed by atoms with Gasteiger partial charge < -0.3 is 14.7 Å². The number of β-amino-alcohol motifs (C(OH)–C–C–N with tert-alkyl or cyclic N) is 1. The number of nitrogens with zero attached hydrogens (tertiary/aromatic N) is 2. The normalized spacial score (nSPS) is 17.2. The number of likely N-dealkylation sites (tertiary alicyclic amines) is 1. The van der Waals surface area contributed by atoms with E-state index in [1.165, 1.54) is 28.5 Å². The predicted molar refractivity (Wildman–Crippen MR) is 105 cm³/mol. The van der Waals surface area contributed by atoms with E-state index in [1.807, 2.05) is 18.3 Å². The van der Waals surface area contributed by atoms with E-state index in [4.69, 9.17) is 0 Å². The van der Waals surface area contributed by atoms with Crippen molar-refractivity contribution in [2.75, 3.05) is 17.8 Å². The first-order valence-electron chi connectivity index (χ1n) is 8.81. The van der Waals surface area contributed by atoms with Gasteiger partial charge in [0.15, 0.2) is 0 Å². The van der Waals surface area contributed by atoms with Crippen molar-refractivity contribution in [1.29, 1.82) is 0 Å². The number of anilines is 1. The maximum Gasteiger partial charge on any atom is 0.254 e. The molecule has 2 N–H and O–H groups in total. The van der Waals surface area contributed by atoms with E-state index in [-0.39, 0.29) is 24.6 Å². The lowest BCUT2D eigenvalue weighted by Crippen LogP contribution is -2.61. The Bertz CT molecular complexity index is 921. The number of carbonyl (C=O) groups excluding carboxylic acids is 1. The van der Waals surface area contributed by atoms with Crippen LogP contribution in [-0.4, -0.2) is 40.8 Å². The van der Waals surface area contributed by atoms with Gasteiger partial charge >= 0.3 is 0 Å². The molecule has 2 heterocycles. The summed E-state index contributed by atoms with van der Waals surface area (Å²) in [5, 5.41) is 9.75. The number of aliphatic hydroxyl groups is 1. The van der Waals surface area contributed by atoms with Crippen molar-refractivity contribution in [3.63, 3.8) is 0 Å². The smallest absolute Gasteiger partial charge is 0.254 e. The number of amides is 1. The third kappa shape index (κ3) is 3.70. The summed E-state index contributed by atoms with van der Waals surface area (Å²) >= 11 is 1.31. The number of nitrogens with one attached hydrogen (secondary N) is 1. The van der Waals surface area contributed by atoms with Crippen LogP contribution < -0.4 is 4.72 Å². The van der Waals surface area contributed by atoms with Crippen LogP contribution in [0.25, 0.3) is 0 Å². The van der Waals surface area contributed by atoms with Crippen LogP contribution in [0, 0.1) is 5.82 Å². The van der Waals surface area contributed by atoms with E-state index in [1.54, 1.807) is 19.1 Å². The Morgan fingerprint density at radius 3 is 2.89 bits per heavy atom. The molecule has 7 heteroatoms. The highest BCUT2D eigenvalue weighted by atomic mass is 32.2. The Labute approximate surface area is 161 Å². The molecule has 140 valence electrons. The molecule has 2 aromatic rings. The van der Waals surface area contributed by atoms with Crippen LogP contribution in [0.5, 0.6) is 0 Å². The molecule has 0 unspecified atom stereocenters. The summed E-state index contributed by atoms with van der Waals surface area (Å²) in [7, 11) is 0. The maximum atomic E-state index is 14.5. The Kier molecular flexibility index (Phi) is 4.65. The summed E-state index contributed by atoms with van der Waals surface area (Å²) in [6.45, 7) is 2.21. The first kappa shape index (κ1) is 18.0. The zero-order valence-electron chi connectivity index (χ0n) is 14.9. The number of hydrogen-bond donors (Lipinski definition) is 2. The van der Waals surface area contributed by atoms with Crippen LogP contribution in [0.2, 0.25) is 0 Å².